The minimum atomic E-state index is 0.0734. The summed E-state index contributed by atoms with van der Waals surface area (Å²) in [5.74, 6) is 1.19. The Labute approximate surface area is 148 Å². The van der Waals surface area contributed by atoms with E-state index in [4.69, 9.17) is 0 Å². The summed E-state index contributed by atoms with van der Waals surface area (Å²) in [6.45, 7) is 13.6. The van der Waals surface area contributed by atoms with Gasteiger partial charge in [0.05, 0.1) is 6.54 Å². The number of aliphatic imine (C=N–C) groups is 1. The normalized spacial score (nSPS) is 18.5. The first kappa shape index (κ1) is 20.7. The first-order valence-electron chi connectivity index (χ1n) is 9.50. The van der Waals surface area contributed by atoms with E-state index >= 15 is 0 Å². The van der Waals surface area contributed by atoms with Gasteiger partial charge in [-0.15, -0.1) is 0 Å². The fourth-order valence-corrected chi connectivity index (χ4v) is 2.83. The van der Waals surface area contributed by atoms with Crippen molar-refractivity contribution in [3.05, 3.63) is 0 Å². The lowest BCUT2D eigenvalue weighted by molar-refractivity contribution is -0.133. The van der Waals surface area contributed by atoms with Crippen LogP contribution in [0, 0.1) is 5.92 Å². The lowest BCUT2D eigenvalue weighted by Crippen LogP contribution is -2.45. The third-order valence-electron chi connectivity index (χ3n) is 4.32. The van der Waals surface area contributed by atoms with E-state index in [1.807, 2.05) is 18.7 Å². The number of nitrogens with zero attached hydrogens (tertiary/aromatic N) is 3. The molecule has 1 unspecified atom stereocenters. The minimum Gasteiger partial charge on any atom is -0.357 e. The molecule has 1 heterocycles. The van der Waals surface area contributed by atoms with Gasteiger partial charge in [0.25, 0.3) is 0 Å². The average molecular weight is 340 g/mol. The number of unbranched alkanes of at least 4 members (excludes halogenated alkanes) is 1. The molecule has 0 aromatic heterocycles. The lowest BCUT2D eigenvalue weighted by atomic mass is 10.2. The topological polar surface area (TPSA) is 60.0 Å². The van der Waals surface area contributed by atoms with Gasteiger partial charge in [0.15, 0.2) is 5.96 Å². The van der Waals surface area contributed by atoms with Crippen LogP contribution in [0.3, 0.4) is 0 Å². The number of rotatable bonds is 9. The van der Waals surface area contributed by atoms with Gasteiger partial charge in [-0.1, -0.05) is 27.2 Å². The Kier molecular flexibility index (Phi) is 9.76. The van der Waals surface area contributed by atoms with E-state index in [0.717, 1.165) is 51.6 Å². The van der Waals surface area contributed by atoms with Crippen LogP contribution in [-0.2, 0) is 4.79 Å². The second-order valence-corrected chi connectivity index (χ2v) is 6.99. The third-order valence-corrected chi connectivity index (χ3v) is 4.32. The Balaban J connectivity index is 2.42. The summed E-state index contributed by atoms with van der Waals surface area (Å²) in [5.41, 5.74) is 0. The summed E-state index contributed by atoms with van der Waals surface area (Å²) < 4.78 is 0. The lowest BCUT2D eigenvalue weighted by Gasteiger charge is -2.20. The summed E-state index contributed by atoms with van der Waals surface area (Å²) in [6.07, 6.45) is 3.45. The van der Waals surface area contributed by atoms with E-state index < -0.39 is 0 Å². The third kappa shape index (κ3) is 7.51. The molecule has 1 rings (SSSR count). The van der Waals surface area contributed by atoms with Crippen LogP contribution in [0.1, 0.15) is 47.0 Å². The molecule has 0 saturated carbocycles. The van der Waals surface area contributed by atoms with Crippen LogP contribution in [0.5, 0.6) is 0 Å². The molecule has 1 fully saturated rings. The van der Waals surface area contributed by atoms with Crippen molar-refractivity contribution in [2.75, 3.05) is 46.3 Å². The van der Waals surface area contributed by atoms with E-state index in [-0.39, 0.29) is 11.8 Å². The molecule has 2 N–H and O–H groups in total. The summed E-state index contributed by atoms with van der Waals surface area (Å²) >= 11 is 0. The molecule has 0 bridgehead atoms. The molecule has 1 amide bonds. The van der Waals surface area contributed by atoms with Crippen molar-refractivity contribution in [1.82, 2.24) is 20.4 Å². The van der Waals surface area contributed by atoms with Gasteiger partial charge in [0, 0.05) is 38.1 Å². The molecule has 1 aliphatic heterocycles. The Bertz CT molecular complexity index is 397. The van der Waals surface area contributed by atoms with E-state index in [1.54, 1.807) is 0 Å². The maximum absolute atomic E-state index is 12.1. The van der Waals surface area contributed by atoms with E-state index in [1.165, 1.54) is 12.8 Å². The Morgan fingerprint density at radius 2 is 2.08 bits per heavy atom. The monoisotopic (exact) mass is 339 g/mol. The quantitative estimate of drug-likeness (QED) is 0.494. The Hall–Kier alpha value is -1.30. The van der Waals surface area contributed by atoms with Gasteiger partial charge in [-0.2, -0.15) is 0 Å². The first-order valence-corrected chi connectivity index (χ1v) is 9.50. The fraction of sp³-hybridized carbons (Fsp3) is 0.889. The minimum absolute atomic E-state index is 0.0734. The van der Waals surface area contributed by atoms with Crippen LogP contribution in [0.15, 0.2) is 4.99 Å². The van der Waals surface area contributed by atoms with E-state index in [9.17, 15) is 4.79 Å². The van der Waals surface area contributed by atoms with Crippen molar-refractivity contribution in [3.8, 4) is 0 Å². The molecule has 1 aliphatic rings. The number of guanidine groups is 1. The number of carbonyl (C=O) groups is 1. The predicted molar refractivity (Wildman–Crippen MR) is 101 cm³/mol. The van der Waals surface area contributed by atoms with Gasteiger partial charge in [0.1, 0.15) is 0 Å². The Morgan fingerprint density at radius 1 is 1.33 bits per heavy atom. The summed E-state index contributed by atoms with van der Waals surface area (Å²) in [6, 6.07) is 0.295. The molecule has 0 aromatic rings. The van der Waals surface area contributed by atoms with Crippen molar-refractivity contribution in [3.63, 3.8) is 0 Å². The number of likely N-dealkylation sites (N-methyl/N-ethyl adjacent to an activating group) is 1. The van der Waals surface area contributed by atoms with Crippen LogP contribution in [-0.4, -0.2) is 74.0 Å². The van der Waals surface area contributed by atoms with Crippen LogP contribution in [0.2, 0.25) is 0 Å². The highest BCUT2D eigenvalue weighted by molar-refractivity contribution is 5.81. The zero-order valence-electron chi connectivity index (χ0n) is 16.3. The zero-order chi connectivity index (χ0) is 17.9. The van der Waals surface area contributed by atoms with Crippen LogP contribution >= 0.6 is 0 Å². The molecule has 0 aliphatic carbocycles. The van der Waals surface area contributed by atoms with Gasteiger partial charge in [-0.05, 0) is 33.4 Å². The molecular weight excluding hydrogens is 302 g/mol. The van der Waals surface area contributed by atoms with Crippen LogP contribution in [0.4, 0.5) is 0 Å². The van der Waals surface area contributed by atoms with Crippen molar-refractivity contribution < 1.29 is 4.79 Å². The van der Waals surface area contributed by atoms with E-state index in [2.05, 4.69) is 41.4 Å². The summed E-state index contributed by atoms with van der Waals surface area (Å²) in [5, 5.41) is 6.79. The number of likely N-dealkylation sites (tertiary alicyclic amines) is 1. The standard InChI is InChI=1S/C18H37N5O/c1-6-8-11-22(5)13-10-20-18(19-7-2)21-16-9-12-23(14-16)17(24)15(3)4/h15-16H,6-14H2,1-5H3,(H2,19,20,21). The number of hydrogen-bond donors (Lipinski definition) is 2. The highest BCUT2D eigenvalue weighted by Gasteiger charge is 2.27. The molecular formula is C18H37N5O. The molecule has 24 heavy (non-hydrogen) atoms. The fourth-order valence-electron chi connectivity index (χ4n) is 2.83. The van der Waals surface area contributed by atoms with Gasteiger partial charge >= 0.3 is 0 Å². The second kappa shape index (κ2) is 11.3. The van der Waals surface area contributed by atoms with Crippen molar-refractivity contribution in [1.29, 1.82) is 0 Å². The average Bonchev–Trinajstić information content (AvgIpc) is 3.00. The summed E-state index contributed by atoms with van der Waals surface area (Å²) in [4.78, 5) is 21.1. The molecule has 6 heteroatoms. The first-order chi connectivity index (χ1) is 11.5. The number of amides is 1. The van der Waals surface area contributed by atoms with Gasteiger partial charge in [-0.25, -0.2) is 0 Å². The highest BCUT2D eigenvalue weighted by Crippen LogP contribution is 2.12. The zero-order valence-corrected chi connectivity index (χ0v) is 16.3. The predicted octanol–water partition coefficient (Wildman–Crippen LogP) is 1.53. The second-order valence-electron chi connectivity index (χ2n) is 6.99. The maximum atomic E-state index is 12.1. The van der Waals surface area contributed by atoms with Crippen molar-refractivity contribution >= 4 is 11.9 Å². The van der Waals surface area contributed by atoms with Crippen LogP contribution < -0.4 is 10.6 Å². The largest absolute Gasteiger partial charge is 0.357 e. The molecule has 1 atom stereocenters. The smallest absolute Gasteiger partial charge is 0.225 e. The van der Waals surface area contributed by atoms with Crippen molar-refractivity contribution in [2.24, 2.45) is 10.9 Å². The molecule has 6 nitrogen and oxygen atoms in total. The molecule has 0 spiro atoms. The van der Waals surface area contributed by atoms with Gasteiger partial charge < -0.3 is 20.4 Å². The van der Waals surface area contributed by atoms with Gasteiger partial charge in [-0.3, -0.25) is 9.79 Å². The van der Waals surface area contributed by atoms with Crippen LogP contribution in [0.25, 0.3) is 0 Å². The molecule has 0 aromatic carbocycles. The Morgan fingerprint density at radius 3 is 2.71 bits per heavy atom. The van der Waals surface area contributed by atoms with Gasteiger partial charge in [0.2, 0.25) is 5.91 Å². The number of carbonyl (C=O) groups excluding carboxylic acids is 1. The number of hydrogen-bond acceptors (Lipinski definition) is 3. The highest BCUT2D eigenvalue weighted by atomic mass is 16.2. The maximum Gasteiger partial charge on any atom is 0.225 e. The summed E-state index contributed by atoms with van der Waals surface area (Å²) in [7, 11) is 2.15. The molecule has 1 saturated heterocycles. The number of nitrogens with one attached hydrogen (secondary N) is 2. The SMILES string of the molecule is CCCCN(C)CCN=C(NCC)NC1CCN(C(=O)C(C)C)C1. The molecule has 140 valence electrons. The van der Waals surface area contributed by atoms with E-state index in [0.29, 0.717) is 6.04 Å². The van der Waals surface area contributed by atoms with Crippen molar-refractivity contribution in [2.45, 2.75) is 53.0 Å². The molecule has 0 radical (unpaired) electrons.